The van der Waals surface area contributed by atoms with Gasteiger partial charge in [0.15, 0.2) is 24.6 Å². The summed E-state index contributed by atoms with van der Waals surface area (Å²) in [5.74, 6) is -0.803. The highest BCUT2D eigenvalue weighted by molar-refractivity contribution is 6.58. The summed E-state index contributed by atoms with van der Waals surface area (Å²) >= 11 is 0. The van der Waals surface area contributed by atoms with Gasteiger partial charge in [-0.05, 0) is 36.7 Å². The van der Waals surface area contributed by atoms with Crippen LogP contribution in [0, 0.1) is 25.2 Å². The van der Waals surface area contributed by atoms with Crippen LogP contribution in [0.2, 0.25) is 0 Å². The minimum atomic E-state index is -4.19. The lowest BCUT2D eigenvalue weighted by Gasteiger charge is -2.30. The molecule has 0 fully saturated rings. The Kier molecular flexibility index (Phi) is 6.56. The fourth-order valence-electron chi connectivity index (χ4n) is 4.38. The third-order valence-corrected chi connectivity index (χ3v) is 5.90. The second-order valence-electron chi connectivity index (χ2n) is 8.30. The number of allylic oxidation sites excluding steroid dienone is 1. The Morgan fingerprint density at radius 1 is 1.20 bits per heavy atom. The van der Waals surface area contributed by atoms with Crippen molar-refractivity contribution in [2.75, 3.05) is 13.2 Å². The van der Waals surface area contributed by atoms with Crippen molar-refractivity contribution in [1.82, 2.24) is 9.79 Å². The number of alkyl carbamates (subject to hydrolysis) is 1. The third-order valence-electron chi connectivity index (χ3n) is 5.90. The first kappa shape index (κ1) is 23.9. The number of aryl methyl sites for hydroxylation is 2. The Bertz CT molecular complexity index is 1310. The van der Waals surface area contributed by atoms with E-state index in [0.29, 0.717) is 17.1 Å². The van der Waals surface area contributed by atoms with Gasteiger partial charge in [-0.25, -0.2) is 9.59 Å². The molecule has 1 amide bonds. The van der Waals surface area contributed by atoms with E-state index in [0.717, 1.165) is 20.1 Å². The molecular weight excluding hydrogens is 457 g/mol. The van der Waals surface area contributed by atoms with Crippen molar-refractivity contribution in [3.63, 3.8) is 0 Å². The molecule has 1 N–H and O–H groups in total. The molecule has 0 saturated carbocycles. The summed E-state index contributed by atoms with van der Waals surface area (Å²) in [4.78, 5) is 24.8. The minimum absolute atomic E-state index is 0.103. The van der Waals surface area contributed by atoms with Crippen LogP contribution in [0.15, 0.2) is 54.2 Å². The quantitative estimate of drug-likeness (QED) is 0.486. The molecule has 4 rings (SSSR count). The zero-order chi connectivity index (χ0) is 25.2. The molecule has 8 nitrogen and oxygen atoms in total. The number of halogens is 2. The molecule has 11 heteroatoms. The maximum absolute atomic E-state index is 15.5. The maximum atomic E-state index is 15.5. The Labute approximate surface area is 200 Å². The summed E-state index contributed by atoms with van der Waals surface area (Å²) in [6.07, 6.45) is 3.83. The number of fused-ring (bicyclic) bond motifs is 2. The number of hydrogen-bond acceptors (Lipinski definition) is 5. The molecule has 0 aliphatic carbocycles. The van der Waals surface area contributed by atoms with E-state index in [1.807, 2.05) is 0 Å². The number of nitrogens with zero attached hydrogens (tertiary/aromatic N) is 3. The molecule has 35 heavy (non-hydrogen) atoms. The van der Waals surface area contributed by atoms with E-state index in [-0.39, 0.29) is 12.1 Å². The monoisotopic (exact) mass is 480 g/mol. The lowest BCUT2D eigenvalue weighted by atomic mass is 9.90. The number of nitrogens with one attached hydrogen (secondary N) is 1. The van der Waals surface area contributed by atoms with Gasteiger partial charge in [-0.1, -0.05) is 30.3 Å². The maximum Gasteiger partial charge on any atom is 0.737 e. The Balaban J connectivity index is 1.49. The number of benzene rings is 1. The summed E-state index contributed by atoms with van der Waals surface area (Å²) in [7, 11) is 0. The van der Waals surface area contributed by atoms with E-state index in [4.69, 9.17) is 14.7 Å². The van der Waals surface area contributed by atoms with E-state index in [1.54, 1.807) is 68.5 Å². The van der Waals surface area contributed by atoms with E-state index in [9.17, 15) is 9.59 Å². The van der Waals surface area contributed by atoms with Crippen LogP contribution >= 0.6 is 0 Å². The van der Waals surface area contributed by atoms with Crippen molar-refractivity contribution in [3.05, 3.63) is 76.8 Å². The average molecular weight is 480 g/mol. The first-order valence-corrected chi connectivity index (χ1v) is 11.0. The standard InChI is InChI=1S/C24H23BF2N4O4/c1-16-12-17(2)30-22(16)14-19-8-9-20(31(19)25(30,26)27)15-35-24(33)29-21(23(32)34-11-10-28)13-18-6-4-3-5-7-18/h3-9,12,14,21H,11,13,15H2,1-2H3,(H,29,33)/t21-/m0/s1. The van der Waals surface area contributed by atoms with Gasteiger partial charge >= 0.3 is 19.0 Å². The molecule has 3 heterocycles. The van der Waals surface area contributed by atoms with Gasteiger partial charge in [-0.3, -0.25) is 0 Å². The summed E-state index contributed by atoms with van der Waals surface area (Å²) < 4.78 is 42.9. The van der Waals surface area contributed by atoms with Crippen LogP contribution in [0.4, 0.5) is 13.4 Å². The molecule has 0 saturated heterocycles. The van der Waals surface area contributed by atoms with Crippen LogP contribution in [0.5, 0.6) is 0 Å². The van der Waals surface area contributed by atoms with Crippen molar-refractivity contribution < 1.29 is 32.2 Å². The highest BCUT2D eigenvalue weighted by Crippen LogP contribution is 2.34. The van der Waals surface area contributed by atoms with Crippen molar-refractivity contribution in [2.45, 2.75) is 26.3 Å². The molecule has 1 aromatic carbocycles. The normalized spacial score (nSPS) is 16.0. The molecule has 0 radical (unpaired) electrons. The first-order valence-electron chi connectivity index (χ1n) is 11.0. The van der Waals surface area contributed by atoms with Gasteiger partial charge in [-0.15, -0.1) is 0 Å². The molecule has 2 aromatic rings. The van der Waals surface area contributed by atoms with Crippen molar-refractivity contribution in [3.8, 4) is 6.07 Å². The molecule has 180 valence electrons. The number of rotatable bonds is 7. The Morgan fingerprint density at radius 3 is 2.66 bits per heavy atom. The molecular formula is C24H23BF2N4O4. The lowest BCUT2D eigenvalue weighted by Crippen LogP contribution is -2.51. The zero-order valence-electron chi connectivity index (χ0n) is 19.2. The summed E-state index contributed by atoms with van der Waals surface area (Å²) in [6, 6.07) is 11.2. The van der Waals surface area contributed by atoms with Gasteiger partial charge < -0.3 is 32.4 Å². The fraction of sp³-hybridized carbons (Fsp3) is 0.250. The van der Waals surface area contributed by atoms with Gasteiger partial charge in [0.05, 0.1) is 0 Å². The topological polar surface area (TPSA) is 96.4 Å². The summed E-state index contributed by atoms with van der Waals surface area (Å²) in [5.41, 5.74) is 2.80. The molecule has 2 aliphatic rings. The number of hydrogen-bond donors (Lipinski definition) is 1. The van der Waals surface area contributed by atoms with Gasteiger partial charge in [0.25, 0.3) is 0 Å². The first-order chi connectivity index (χ1) is 16.7. The number of aromatic nitrogens is 1. The van der Waals surface area contributed by atoms with Gasteiger partial charge in [0.1, 0.15) is 12.1 Å². The minimum Gasteiger partial charge on any atom is -0.449 e. The van der Waals surface area contributed by atoms with Gasteiger partial charge in [0, 0.05) is 30.3 Å². The number of ether oxygens (including phenoxy) is 2. The Hall–Kier alpha value is -4.20. The highest BCUT2D eigenvalue weighted by Gasteiger charge is 2.52. The molecule has 0 unspecified atom stereocenters. The van der Waals surface area contributed by atoms with Gasteiger partial charge in [-0.2, -0.15) is 5.26 Å². The van der Waals surface area contributed by atoms with Crippen molar-refractivity contribution in [1.29, 1.82) is 5.26 Å². The highest BCUT2D eigenvalue weighted by atomic mass is 19.2. The number of carbonyl (C=O) groups is 2. The molecule has 1 aromatic heterocycles. The van der Waals surface area contributed by atoms with Crippen molar-refractivity contribution in [2.24, 2.45) is 0 Å². The van der Waals surface area contributed by atoms with Crippen LogP contribution in [0.3, 0.4) is 0 Å². The smallest absolute Gasteiger partial charge is 0.449 e. The van der Waals surface area contributed by atoms with Crippen LogP contribution in [-0.2, 0) is 20.7 Å². The average Bonchev–Trinajstić information content (AvgIpc) is 3.37. The Morgan fingerprint density at radius 2 is 1.94 bits per heavy atom. The number of nitriles is 1. The van der Waals surface area contributed by atoms with E-state index >= 15 is 8.63 Å². The van der Waals surface area contributed by atoms with Crippen molar-refractivity contribution >= 4 is 30.8 Å². The van der Waals surface area contributed by atoms with Crippen LogP contribution in [-0.4, -0.2) is 53.0 Å². The van der Waals surface area contributed by atoms with E-state index < -0.39 is 38.3 Å². The van der Waals surface area contributed by atoms with E-state index in [1.165, 1.54) is 6.08 Å². The largest absolute Gasteiger partial charge is 0.737 e. The molecule has 0 spiro atoms. The second kappa shape index (κ2) is 9.58. The molecule has 2 aliphatic heterocycles. The second-order valence-corrected chi connectivity index (χ2v) is 8.30. The summed E-state index contributed by atoms with van der Waals surface area (Å²) in [5, 5.41) is 11.1. The van der Waals surface area contributed by atoms with Crippen LogP contribution in [0.1, 0.15) is 22.5 Å². The fourth-order valence-corrected chi connectivity index (χ4v) is 4.38. The summed E-state index contributed by atoms with van der Waals surface area (Å²) in [6.45, 7) is -1.68. The van der Waals surface area contributed by atoms with Gasteiger partial charge in [0.2, 0.25) is 0 Å². The number of amides is 1. The molecule has 0 bridgehead atoms. The van der Waals surface area contributed by atoms with Crippen LogP contribution < -0.4 is 5.32 Å². The zero-order valence-corrected chi connectivity index (χ0v) is 19.2. The van der Waals surface area contributed by atoms with Crippen LogP contribution in [0.25, 0.3) is 6.08 Å². The third kappa shape index (κ3) is 4.73. The van der Waals surface area contributed by atoms with E-state index in [2.05, 4.69) is 5.32 Å². The SMILES string of the molecule is Cc1cc(C)n2c1C=C1C=CC(COC(=O)N[C@@H](Cc3ccccc3)C(=O)OCC#N)=[N+]1[B-]2(F)F. The predicted molar refractivity (Wildman–Crippen MR) is 125 cm³/mol. The molecule has 1 atom stereocenters. The number of carbonyl (C=O) groups excluding carboxylic acids is 2. The lowest BCUT2D eigenvalue weighted by molar-refractivity contribution is -0.362. The predicted octanol–water partition coefficient (Wildman–Crippen LogP) is 3.11. The number of esters is 1.